The van der Waals surface area contributed by atoms with E-state index in [0.29, 0.717) is 17.9 Å². The number of carbonyl (C=O) groups is 1. The Hall–Kier alpha value is -2.33. The highest BCUT2D eigenvalue weighted by molar-refractivity contribution is 5.91. The van der Waals surface area contributed by atoms with E-state index in [1.807, 2.05) is 0 Å². The molecule has 0 unspecified atom stereocenters. The van der Waals surface area contributed by atoms with Crippen molar-refractivity contribution in [3.8, 4) is 11.5 Å². The topological polar surface area (TPSA) is 55.8 Å². The van der Waals surface area contributed by atoms with Crippen molar-refractivity contribution in [1.29, 1.82) is 0 Å². The van der Waals surface area contributed by atoms with Crippen LogP contribution in [0.5, 0.6) is 11.5 Å². The number of hydrogen-bond acceptors (Lipinski definition) is 4. The first-order valence-corrected chi connectivity index (χ1v) is 10.4. The molecule has 2 rings (SSSR count). The van der Waals surface area contributed by atoms with Crippen LogP contribution in [0.4, 0.5) is 0 Å². The van der Waals surface area contributed by atoms with Gasteiger partial charge in [-0.25, -0.2) is 4.79 Å². The lowest BCUT2D eigenvalue weighted by atomic mass is 10.1. The van der Waals surface area contributed by atoms with Crippen LogP contribution in [0.3, 0.4) is 0 Å². The van der Waals surface area contributed by atoms with E-state index in [0.717, 1.165) is 17.7 Å². The van der Waals surface area contributed by atoms with Crippen LogP contribution in [0, 0.1) is 0 Å². The van der Waals surface area contributed by atoms with Crippen molar-refractivity contribution in [3.63, 3.8) is 0 Å². The number of carbonyl (C=O) groups excluding carboxylic acids is 1. The third-order valence-corrected chi connectivity index (χ3v) is 4.67. The Balaban J connectivity index is 1.65. The van der Waals surface area contributed by atoms with Crippen molar-refractivity contribution in [2.45, 2.75) is 64.9 Å². The van der Waals surface area contributed by atoms with Crippen molar-refractivity contribution >= 4 is 5.97 Å². The minimum absolute atomic E-state index is 0.0331. The highest BCUT2D eigenvalue weighted by Crippen LogP contribution is 2.17. The molecule has 0 saturated heterocycles. The first-order valence-electron chi connectivity index (χ1n) is 10.4. The van der Waals surface area contributed by atoms with E-state index >= 15 is 0 Å². The molecule has 4 heteroatoms. The van der Waals surface area contributed by atoms with Gasteiger partial charge in [-0.15, -0.1) is 0 Å². The molecule has 0 aliphatic rings. The SMILES string of the molecule is CCCCCCCCCCOc1ccc(C(=O)Oc2ccc(CO)cc2)cc1. The lowest BCUT2D eigenvalue weighted by Crippen LogP contribution is -2.08. The summed E-state index contributed by atoms with van der Waals surface area (Å²) in [6, 6.07) is 13.8. The Morgan fingerprint density at radius 1 is 0.786 bits per heavy atom. The fourth-order valence-electron chi connectivity index (χ4n) is 2.94. The quantitative estimate of drug-likeness (QED) is 0.265. The van der Waals surface area contributed by atoms with Crippen LogP contribution in [-0.2, 0) is 6.61 Å². The zero-order valence-electron chi connectivity index (χ0n) is 16.9. The molecule has 28 heavy (non-hydrogen) atoms. The van der Waals surface area contributed by atoms with E-state index in [-0.39, 0.29) is 6.61 Å². The van der Waals surface area contributed by atoms with Gasteiger partial charge in [0.15, 0.2) is 0 Å². The molecule has 0 amide bonds. The summed E-state index contributed by atoms with van der Waals surface area (Å²) in [7, 11) is 0. The van der Waals surface area contributed by atoms with E-state index in [9.17, 15) is 4.79 Å². The molecule has 0 heterocycles. The molecular formula is C24H32O4. The summed E-state index contributed by atoms with van der Waals surface area (Å²) in [5, 5.41) is 9.04. The molecule has 0 aromatic heterocycles. The largest absolute Gasteiger partial charge is 0.494 e. The lowest BCUT2D eigenvalue weighted by molar-refractivity contribution is 0.0734. The van der Waals surface area contributed by atoms with Crippen LogP contribution >= 0.6 is 0 Å². The fourth-order valence-corrected chi connectivity index (χ4v) is 2.94. The van der Waals surface area contributed by atoms with Gasteiger partial charge in [0.2, 0.25) is 0 Å². The van der Waals surface area contributed by atoms with Crippen molar-refractivity contribution in [1.82, 2.24) is 0 Å². The number of aliphatic hydroxyl groups excluding tert-OH is 1. The maximum Gasteiger partial charge on any atom is 0.343 e. The zero-order chi connectivity index (χ0) is 20.0. The summed E-state index contributed by atoms with van der Waals surface area (Å²) in [5.41, 5.74) is 1.25. The predicted octanol–water partition coefficient (Wildman–Crippen LogP) is 5.92. The summed E-state index contributed by atoms with van der Waals surface area (Å²) in [5.74, 6) is 0.815. The molecule has 0 spiro atoms. The minimum atomic E-state index is -0.411. The molecule has 0 aliphatic heterocycles. The van der Waals surface area contributed by atoms with Gasteiger partial charge in [0, 0.05) is 0 Å². The van der Waals surface area contributed by atoms with E-state index < -0.39 is 5.97 Å². The average molecular weight is 385 g/mol. The molecule has 1 N–H and O–H groups in total. The number of benzene rings is 2. The Morgan fingerprint density at radius 3 is 1.96 bits per heavy atom. The molecule has 0 aliphatic carbocycles. The van der Waals surface area contributed by atoms with Crippen LogP contribution in [0.1, 0.15) is 74.2 Å². The summed E-state index contributed by atoms with van der Waals surface area (Å²) < 4.78 is 11.1. The maximum atomic E-state index is 12.2. The van der Waals surface area contributed by atoms with Crippen LogP contribution in [0.25, 0.3) is 0 Å². The van der Waals surface area contributed by atoms with Gasteiger partial charge in [-0.05, 0) is 48.4 Å². The van der Waals surface area contributed by atoms with Gasteiger partial charge in [0.25, 0.3) is 0 Å². The van der Waals surface area contributed by atoms with Gasteiger partial charge in [-0.3, -0.25) is 0 Å². The van der Waals surface area contributed by atoms with Crippen molar-refractivity contribution < 1.29 is 19.4 Å². The van der Waals surface area contributed by atoms with Gasteiger partial charge in [-0.2, -0.15) is 0 Å². The van der Waals surface area contributed by atoms with Crippen molar-refractivity contribution in [3.05, 3.63) is 59.7 Å². The summed E-state index contributed by atoms with van der Waals surface area (Å²) >= 11 is 0. The first kappa shape index (κ1) is 22.0. The van der Waals surface area contributed by atoms with E-state index in [2.05, 4.69) is 6.92 Å². The monoisotopic (exact) mass is 384 g/mol. The second kappa shape index (κ2) is 12.9. The number of rotatable bonds is 13. The standard InChI is InChI=1S/C24H32O4/c1-2-3-4-5-6-7-8-9-18-27-22-16-12-21(13-17-22)24(26)28-23-14-10-20(19-25)11-15-23/h10-17,25H,2-9,18-19H2,1H3. The highest BCUT2D eigenvalue weighted by Gasteiger charge is 2.09. The molecule has 0 bridgehead atoms. The van der Waals surface area contributed by atoms with E-state index in [1.165, 1.54) is 44.9 Å². The molecule has 4 nitrogen and oxygen atoms in total. The first-order chi connectivity index (χ1) is 13.7. The molecule has 0 fully saturated rings. The maximum absolute atomic E-state index is 12.2. The molecule has 0 radical (unpaired) electrons. The number of hydrogen-bond donors (Lipinski definition) is 1. The van der Waals surface area contributed by atoms with Crippen molar-refractivity contribution in [2.75, 3.05) is 6.61 Å². The summed E-state index contributed by atoms with van der Waals surface area (Å²) in [6.07, 6.45) is 10.2. The van der Waals surface area contributed by atoms with Crippen LogP contribution < -0.4 is 9.47 Å². The molecule has 0 atom stereocenters. The Labute approximate surface area is 168 Å². The minimum Gasteiger partial charge on any atom is -0.494 e. The Morgan fingerprint density at radius 2 is 1.36 bits per heavy atom. The van der Waals surface area contributed by atoms with Crippen LogP contribution in [0.2, 0.25) is 0 Å². The average Bonchev–Trinajstić information content (AvgIpc) is 2.73. The number of ether oxygens (including phenoxy) is 2. The van der Waals surface area contributed by atoms with E-state index in [1.54, 1.807) is 48.5 Å². The predicted molar refractivity (Wildman–Crippen MR) is 112 cm³/mol. The highest BCUT2D eigenvalue weighted by atomic mass is 16.5. The Bertz CT molecular complexity index is 677. The molecule has 2 aromatic carbocycles. The van der Waals surface area contributed by atoms with Crippen LogP contribution in [-0.4, -0.2) is 17.7 Å². The fraction of sp³-hybridized carbons (Fsp3) is 0.458. The van der Waals surface area contributed by atoms with Crippen molar-refractivity contribution in [2.24, 2.45) is 0 Å². The second-order valence-corrected chi connectivity index (χ2v) is 7.04. The normalized spacial score (nSPS) is 10.6. The third-order valence-electron chi connectivity index (χ3n) is 4.67. The molecular weight excluding hydrogens is 352 g/mol. The second-order valence-electron chi connectivity index (χ2n) is 7.04. The van der Waals surface area contributed by atoms with Gasteiger partial charge in [0.1, 0.15) is 11.5 Å². The molecule has 2 aromatic rings. The smallest absolute Gasteiger partial charge is 0.343 e. The molecule has 0 saturated carbocycles. The number of aliphatic hydroxyl groups is 1. The van der Waals surface area contributed by atoms with Crippen LogP contribution in [0.15, 0.2) is 48.5 Å². The summed E-state index contributed by atoms with van der Waals surface area (Å²) in [6.45, 7) is 2.91. The molecule has 152 valence electrons. The van der Waals surface area contributed by atoms with Gasteiger partial charge < -0.3 is 14.6 Å². The Kier molecular flexibility index (Phi) is 10.2. The van der Waals surface area contributed by atoms with Gasteiger partial charge in [0.05, 0.1) is 18.8 Å². The zero-order valence-corrected chi connectivity index (χ0v) is 16.9. The lowest BCUT2D eigenvalue weighted by Gasteiger charge is -2.08. The van der Waals surface area contributed by atoms with Gasteiger partial charge in [-0.1, -0.05) is 64.0 Å². The summed E-state index contributed by atoms with van der Waals surface area (Å²) in [4.78, 5) is 12.2. The number of unbranched alkanes of at least 4 members (excludes halogenated alkanes) is 7. The van der Waals surface area contributed by atoms with Gasteiger partial charge >= 0.3 is 5.97 Å². The third kappa shape index (κ3) is 8.13. The number of esters is 1. The van der Waals surface area contributed by atoms with E-state index in [4.69, 9.17) is 14.6 Å².